The summed E-state index contributed by atoms with van der Waals surface area (Å²) in [6.07, 6.45) is -4.08. The first kappa shape index (κ1) is 17.7. The minimum atomic E-state index is -1.55. The molecular formula is C12H10N2O8S2. The smallest absolute Gasteiger partial charge is 0.450 e. The van der Waals surface area contributed by atoms with Gasteiger partial charge in [-0.05, 0) is 6.07 Å². The van der Waals surface area contributed by atoms with E-state index in [9.17, 15) is 19.7 Å². The molecule has 0 aliphatic rings. The maximum absolute atomic E-state index is 10.7. The quantitative estimate of drug-likeness (QED) is 0.320. The maximum Gasteiger partial charge on any atom is 0.506 e. The van der Waals surface area contributed by atoms with E-state index in [2.05, 4.69) is 14.5 Å². The fraction of sp³-hybridized carbons (Fsp3) is 0.250. The molecule has 1 aromatic carbocycles. The number of aromatic nitrogens is 1. The van der Waals surface area contributed by atoms with Crippen molar-refractivity contribution in [1.29, 1.82) is 0 Å². The zero-order chi connectivity index (χ0) is 17.7. The van der Waals surface area contributed by atoms with Crippen LogP contribution in [0.4, 0.5) is 15.3 Å². The van der Waals surface area contributed by atoms with Crippen LogP contribution in [-0.2, 0) is 9.47 Å². The van der Waals surface area contributed by atoms with Gasteiger partial charge in [0.1, 0.15) is 12.7 Å². The molecule has 1 unspecified atom stereocenters. The summed E-state index contributed by atoms with van der Waals surface area (Å²) >= 11 is 2.34. The number of thioether (sulfide) groups is 1. The van der Waals surface area contributed by atoms with E-state index in [-0.39, 0.29) is 11.4 Å². The van der Waals surface area contributed by atoms with Crippen molar-refractivity contribution < 1.29 is 34.2 Å². The second-order valence-electron chi connectivity index (χ2n) is 4.28. The lowest BCUT2D eigenvalue weighted by Crippen LogP contribution is -2.26. The van der Waals surface area contributed by atoms with Crippen LogP contribution in [0, 0.1) is 10.1 Å². The average Bonchev–Trinajstić information content (AvgIpc) is 2.91. The molecule has 0 amide bonds. The Kier molecular flexibility index (Phi) is 5.76. The van der Waals surface area contributed by atoms with Gasteiger partial charge in [-0.2, -0.15) is 0 Å². The van der Waals surface area contributed by atoms with E-state index in [0.29, 0.717) is 14.6 Å². The first-order chi connectivity index (χ1) is 11.3. The third-order valence-corrected chi connectivity index (χ3v) is 4.91. The van der Waals surface area contributed by atoms with Crippen molar-refractivity contribution in [1.82, 2.24) is 4.98 Å². The van der Waals surface area contributed by atoms with Crippen LogP contribution in [0.1, 0.15) is 0 Å². The molecule has 0 bridgehead atoms. The fourth-order valence-corrected chi connectivity index (χ4v) is 3.75. The van der Waals surface area contributed by atoms with Gasteiger partial charge in [-0.1, -0.05) is 11.8 Å². The predicted molar refractivity (Wildman–Crippen MR) is 83.9 cm³/mol. The number of carboxylic acid groups (broad SMARTS) is 2. The lowest BCUT2D eigenvalue weighted by molar-refractivity contribution is -0.384. The SMILES string of the molecule is O=C(O)OCC(CSc1nc2ccc([N+](=O)[O-])cc2s1)OC(=O)O. The largest absolute Gasteiger partial charge is 0.506 e. The van der Waals surface area contributed by atoms with Gasteiger partial charge in [0.25, 0.3) is 5.69 Å². The van der Waals surface area contributed by atoms with E-state index in [0.717, 1.165) is 11.8 Å². The fourth-order valence-electron chi connectivity index (χ4n) is 1.65. The highest BCUT2D eigenvalue weighted by Gasteiger charge is 2.18. The summed E-state index contributed by atoms with van der Waals surface area (Å²) in [7, 11) is 0. The van der Waals surface area contributed by atoms with Crippen molar-refractivity contribution in [3.05, 3.63) is 28.3 Å². The van der Waals surface area contributed by atoms with Crippen LogP contribution in [0.25, 0.3) is 10.2 Å². The number of nitrogens with zero attached hydrogens (tertiary/aromatic N) is 2. The summed E-state index contributed by atoms with van der Waals surface area (Å²) < 4.78 is 10.0. The molecule has 1 atom stereocenters. The van der Waals surface area contributed by atoms with Crippen molar-refractivity contribution in [2.75, 3.05) is 12.4 Å². The molecule has 1 aromatic heterocycles. The van der Waals surface area contributed by atoms with E-state index in [4.69, 9.17) is 10.2 Å². The molecule has 2 N–H and O–H groups in total. The van der Waals surface area contributed by atoms with Gasteiger partial charge >= 0.3 is 12.3 Å². The van der Waals surface area contributed by atoms with Crippen molar-refractivity contribution in [3.63, 3.8) is 0 Å². The molecule has 0 aliphatic heterocycles. The first-order valence-electron chi connectivity index (χ1n) is 6.28. The molecule has 0 spiro atoms. The minimum absolute atomic E-state index is 0.0513. The van der Waals surface area contributed by atoms with Crippen molar-refractivity contribution in [2.45, 2.75) is 10.4 Å². The Labute approximate surface area is 142 Å². The van der Waals surface area contributed by atoms with Gasteiger partial charge in [-0.15, -0.1) is 11.3 Å². The molecule has 2 rings (SSSR count). The number of rotatable bonds is 7. The number of ether oxygens (including phenoxy) is 2. The highest BCUT2D eigenvalue weighted by Crippen LogP contribution is 2.32. The van der Waals surface area contributed by atoms with E-state index < -0.39 is 29.9 Å². The lowest BCUT2D eigenvalue weighted by atomic mass is 10.3. The Morgan fingerprint density at radius 2 is 2.12 bits per heavy atom. The number of fused-ring (bicyclic) bond motifs is 1. The van der Waals surface area contributed by atoms with E-state index in [1.54, 1.807) is 0 Å². The van der Waals surface area contributed by atoms with Gasteiger partial charge in [0.15, 0.2) is 4.34 Å². The number of thiazole rings is 1. The monoisotopic (exact) mass is 374 g/mol. The van der Waals surface area contributed by atoms with Gasteiger partial charge in [-0.3, -0.25) is 10.1 Å². The zero-order valence-corrected chi connectivity index (χ0v) is 13.4. The van der Waals surface area contributed by atoms with Crippen LogP contribution in [0.2, 0.25) is 0 Å². The van der Waals surface area contributed by atoms with Crippen LogP contribution in [0.15, 0.2) is 22.5 Å². The Bertz CT molecular complexity index is 778. The highest BCUT2D eigenvalue weighted by atomic mass is 32.2. The Morgan fingerprint density at radius 3 is 2.75 bits per heavy atom. The van der Waals surface area contributed by atoms with Crippen molar-refractivity contribution in [2.24, 2.45) is 0 Å². The van der Waals surface area contributed by atoms with Gasteiger partial charge in [0.05, 0.1) is 15.1 Å². The molecule has 0 saturated heterocycles. The number of non-ortho nitro benzene ring substituents is 1. The standard InChI is InChI=1S/C12H10N2O8S2/c15-11(16)21-4-7(22-12(17)18)5-23-10-13-8-2-1-6(14(19)20)3-9(8)24-10/h1-3,7H,4-5H2,(H,15,16)(H,17,18). The molecule has 12 heteroatoms. The molecule has 1 heterocycles. The Hall–Kier alpha value is -2.60. The molecule has 0 aliphatic carbocycles. The van der Waals surface area contributed by atoms with E-state index in [1.165, 1.54) is 29.5 Å². The summed E-state index contributed by atoms with van der Waals surface area (Å²) in [4.78, 5) is 35.5. The number of hydrogen-bond acceptors (Lipinski definition) is 9. The van der Waals surface area contributed by atoms with Crippen molar-refractivity contribution >= 4 is 51.3 Å². The molecular weight excluding hydrogens is 364 g/mol. The summed E-state index contributed by atoms with van der Waals surface area (Å²) in [5.74, 6) is 0.0848. The van der Waals surface area contributed by atoms with Crippen LogP contribution in [0.5, 0.6) is 0 Å². The molecule has 128 valence electrons. The second-order valence-corrected chi connectivity index (χ2v) is 6.58. The van der Waals surface area contributed by atoms with Crippen molar-refractivity contribution in [3.8, 4) is 0 Å². The van der Waals surface area contributed by atoms with Crippen LogP contribution in [-0.4, -0.2) is 50.9 Å². The normalized spacial score (nSPS) is 11.8. The summed E-state index contributed by atoms with van der Waals surface area (Å²) in [5, 5.41) is 27.8. The maximum atomic E-state index is 10.7. The number of nitro benzene ring substituents is 1. The van der Waals surface area contributed by atoms with Gasteiger partial charge < -0.3 is 19.7 Å². The number of carbonyl (C=O) groups is 2. The van der Waals surface area contributed by atoms with Crippen LogP contribution >= 0.6 is 23.1 Å². The zero-order valence-electron chi connectivity index (χ0n) is 11.8. The third-order valence-electron chi connectivity index (χ3n) is 2.62. The summed E-state index contributed by atoms with van der Waals surface area (Å²) in [6.45, 7) is -0.439. The molecule has 10 nitrogen and oxygen atoms in total. The molecule has 0 radical (unpaired) electrons. The van der Waals surface area contributed by atoms with Crippen LogP contribution < -0.4 is 0 Å². The second kappa shape index (κ2) is 7.79. The average molecular weight is 374 g/mol. The predicted octanol–water partition coefficient (Wildman–Crippen LogP) is 3.05. The highest BCUT2D eigenvalue weighted by molar-refractivity contribution is 8.01. The summed E-state index contributed by atoms with van der Waals surface area (Å²) in [6, 6.07) is 4.26. The molecule has 0 fully saturated rings. The topological polar surface area (TPSA) is 149 Å². The molecule has 24 heavy (non-hydrogen) atoms. The van der Waals surface area contributed by atoms with Gasteiger partial charge in [-0.25, -0.2) is 14.6 Å². The number of nitro groups is 1. The third kappa shape index (κ3) is 4.96. The van der Waals surface area contributed by atoms with Gasteiger partial charge in [0, 0.05) is 17.9 Å². The van der Waals surface area contributed by atoms with Gasteiger partial charge in [0.2, 0.25) is 0 Å². The molecule has 2 aromatic rings. The van der Waals surface area contributed by atoms with E-state index in [1.807, 2.05) is 0 Å². The number of hydrogen-bond donors (Lipinski definition) is 2. The van der Waals surface area contributed by atoms with E-state index >= 15 is 0 Å². The first-order valence-corrected chi connectivity index (χ1v) is 8.08. The lowest BCUT2D eigenvalue weighted by Gasteiger charge is -2.13. The summed E-state index contributed by atoms with van der Waals surface area (Å²) in [5.41, 5.74) is 0.523. The Morgan fingerprint density at radius 1 is 1.38 bits per heavy atom. The Balaban J connectivity index is 2.05. The van der Waals surface area contributed by atoms with Crippen LogP contribution in [0.3, 0.4) is 0 Å². The number of benzene rings is 1. The molecule has 0 saturated carbocycles. The minimum Gasteiger partial charge on any atom is -0.450 e.